The van der Waals surface area contributed by atoms with Gasteiger partial charge in [0.25, 0.3) is 0 Å². The molecule has 1 aromatic heterocycles. The molecule has 1 N–H and O–H groups in total. The molecule has 6 nitrogen and oxygen atoms in total. The zero-order chi connectivity index (χ0) is 17.5. The number of nitrogens with zero attached hydrogens (tertiary/aromatic N) is 2. The van der Waals surface area contributed by atoms with Crippen LogP contribution < -0.4 is 14.8 Å². The number of anilines is 1. The van der Waals surface area contributed by atoms with E-state index >= 15 is 0 Å². The Balaban J connectivity index is 2.10. The maximum atomic E-state index is 12.2. The third-order valence-corrected chi connectivity index (χ3v) is 3.78. The van der Waals surface area contributed by atoms with Crippen molar-refractivity contribution in [2.24, 2.45) is 0 Å². The molecular weight excluding hydrogens is 306 g/mol. The highest BCUT2D eigenvalue weighted by atomic mass is 16.5. The average molecular weight is 329 g/mol. The van der Waals surface area contributed by atoms with Crippen molar-refractivity contribution in [1.29, 1.82) is 0 Å². The number of hydrogen-bond acceptors (Lipinski definition) is 4. The molecule has 0 aliphatic carbocycles. The molecule has 0 bridgehead atoms. The SMILES string of the molecule is CCC(C)n1nccc1NC(=O)/C=C/c1ccc(OC)cc1OC. The Morgan fingerprint density at radius 2 is 2.12 bits per heavy atom. The average Bonchev–Trinajstić information content (AvgIpc) is 3.07. The van der Waals surface area contributed by atoms with Gasteiger partial charge < -0.3 is 14.8 Å². The first-order chi connectivity index (χ1) is 11.6. The highest BCUT2D eigenvalue weighted by molar-refractivity contribution is 6.01. The molecule has 1 amide bonds. The third kappa shape index (κ3) is 4.16. The Labute approximate surface area is 142 Å². The molecule has 2 aromatic rings. The van der Waals surface area contributed by atoms with Gasteiger partial charge in [0, 0.05) is 23.8 Å². The largest absolute Gasteiger partial charge is 0.497 e. The Morgan fingerprint density at radius 3 is 2.79 bits per heavy atom. The van der Waals surface area contributed by atoms with Gasteiger partial charge in [-0.05, 0) is 31.6 Å². The van der Waals surface area contributed by atoms with E-state index in [-0.39, 0.29) is 11.9 Å². The predicted molar refractivity (Wildman–Crippen MR) is 94.4 cm³/mol. The van der Waals surface area contributed by atoms with Gasteiger partial charge in [-0.25, -0.2) is 4.68 Å². The molecule has 1 aromatic carbocycles. The number of methoxy groups -OCH3 is 2. The Kier molecular flexibility index (Phi) is 6.01. The fourth-order valence-electron chi connectivity index (χ4n) is 2.23. The molecule has 0 spiro atoms. The molecule has 24 heavy (non-hydrogen) atoms. The van der Waals surface area contributed by atoms with Crippen molar-refractivity contribution in [2.75, 3.05) is 19.5 Å². The second-order valence-electron chi connectivity index (χ2n) is 5.35. The van der Waals surface area contributed by atoms with E-state index in [4.69, 9.17) is 9.47 Å². The second-order valence-corrected chi connectivity index (χ2v) is 5.35. The minimum atomic E-state index is -0.224. The Hall–Kier alpha value is -2.76. The molecule has 0 aliphatic rings. The maximum absolute atomic E-state index is 12.2. The normalized spacial score (nSPS) is 12.2. The summed E-state index contributed by atoms with van der Waals surface area (Å²) in [5.41, 5.74) is 0.795. The van der Waals surface area contributed by atoms with E-state index in [1.165, 1.54) is 6.08 Å². The van der Waals surface area contributed by atoms with E-state index in [1.54, 1.807) is 43.3 Å². The van der Waals surface area contributed by atoms with Crippen molar-refractivity contribution >= 4 is 17.8 Å². The van der Waals surface area contributed by atoms with Gasteiger partial charge in [-0.1, -0.05) is 6.92 Å². The number of nitrogens with one attached hydrogen (secondary N) is 1. The molecule has 2 rings (SSSR count). The topological polar surface area (TPSA) is 65.4 Å². The Morgan fingerprint density at radius 1 is 1.33 bits per heavy atom. The lowest BCUT2D eigenvalue weighted by atomic mass is 10.1. The molecule has 128 valence electrons. The van der Waals surface area contributed by atoms with Gasteiger partial charge in [0.15, 0.2) is 0 Å². The summed E-state index contributed by atoms with van der Waals surface area (Å²) in [5, 5.41) is 7.09. The van der Waals surface area contributed by atoms with Crippen molar-refractivity contribution in [2.45, 2.75) is 26.3 Å². The fourth-order valence-corrected chi connectivity index (χ4v) is 2.23. The van der Waals surface area contributed by atoms with E-state index < -0.39 is 0 Å². The summed E-state index contributed by atoms with van der Waals surface area (Å²) in [6.45, 7) is 4.13. The van der Waals surface area contributed by atoms with Gasteiger partial charge in [-0.15, -0.1) is 0 Å². The number of aromatic nitrogens is 2. The molecule has 6 heteroatoms. The lowest BCUT2D eigenvalue weighted by Gasteiger charge is -2.13. The van der Waals surface area contributed by atoms with Gasteiger partial charge in [0.2, 0.25) is 5.91 Å². The van der Waals surface area contributed by atoms with Crippen LogP contribution in [0, 0.1) is 0 Å². The standard InChI is InChI=1S/C18H23N3O3/c1-5-13(2)21-17(10-11-19-21)20-18(22)9-7-14-6-8-15(23-3)12-16(14)24-4/h6-13H,5H2,1-4H3,(H,20,22)/b9-7+. The second kappa shape index (κ2) is 8.19. The first-order valence-corrected chi connectivity index (χ1v) is 7.83. The molecule has 0 aliphatic heterocycles. The minimum absolute atomic E-state index is 0.223. The lowest BCUT2D eigenvalue weighted by molar-refractivity contribution is -0.111. The number of carbonyl (C=O) groups is 1. The first-order valence-electron chi connectivity index (χ1n) is 7.83. The van der Waals surface area contributed by atoms with E-state index in [2.05, 4.69) is 24.3 Å². The molecule has 1 heterocycles. The number of rotatable bonds is 7. The fraction of sp³-hybridized carbons (Fsp3) is 0.333. The van der Waals surface area contributed by atoms with Crippen LogP contribution in [0.3, 0.4) is 0 Å². The van der Waals surface area contributed by atoms with Gasteiger partial charge in [0.1, 0.15) is 17.3 Å². The zero-order valence-electron chi connectivity index (χ0n) is 14.4. The van der Waals surface area contributed by atoms with Crippen LogP contribution in [0.1, 0.15) is 31.9 Å². The van der Waals surface area contributed by atoms with E-state index in [9.17, 15) is 4.79 Å². The van der Waals surface area contributed by atoms with Crippen molar-refractivity contribution in [3.05, 3.63) is 42.1 Å². The molecule has 0 saturated carbocycles. The summed E-state index contributed by atoms with van der Waals surface area (Å²) in [4.78, 5) is 12.2. The van der Waals surface area contributed by atoms with Crippen molar-refractivity contribution in [3.8, 4) is 11.5 Å². The van der Waals surface area contributed by atoms with Gasteiger partial charge in [0.05, 0.1) is 26.5 Å². The number of amides is 1. The molecule has 0 saturated heterocycles. The summed E-state index contributed by atoms with van der Waals surface area (Å²) in [5.74, 6) is 1.80. The molecule has 1 atom stereocenters. The van der Waals surface area contributed by atoms with Gasteiger partial charge in [-0.2, -0.15) is 5.10 Å². The zero-order valence-corrected chi connectivity index (χ0v) is 14.4. The highest BCUT2D eigenvalue weighted by Gasteiger charge is 2.10. The maximum Gasteiger partial charge on any atom is 0.249 e. The van der Waals surface area contributed by atoms with Crippen LogP contribution in [0.25, 0.3) is 6.08 Å². The van der Waals surface area contributed by atoms with Crippen LogP contribution in [-0.4, -0.2) is 29.9 Å². The van der Waals surface area contributed by atoms with Crippen LogP contribution in [-0.2, 0) is 4.79 Å². The van der Waals surface area contributed by atoms with Crippen molar-refractivity contribution < 1.29 is 14.3 Å². The van der Waals surface area contributed by atoms with Crippen LogP contribution in [0.5, 0.6) is 11.5 Å². The summed E-state index contributed by atoms with van der Waals surface area (Å²) in [7, 11) is 3.18. The van der Waals surface area contributed by atoms with Crippen LogP contribution in [0.4, 0.5) is 5.82 Å². The molecule has 1 unspecified atom stereocenters. The van der Waals surface area contributed by atoms with Crippen molar-refractivity contribution in [1.82, 2.24) is 9.78 Å². The monoisotopic (exact) mass is 329 g/mol. The smallest absolute Gasteiger partial charge is 0.249 e. The van der Waals surface area contributed by atoms with E-state index in [0.717, 1.165) is 12.0 Å². The quantitative estimate of drug-likeness (QED) is 0.789. The summed E-state index contributed by atoms with van der Waals surface area (Å²) in [6.07, 6.45) is 5.79. The van der Waals surface area contributed by atoms with Crippen LogP contribution in [0.2, 0.25) is 0 Å². The predicted octanol–water partition coefficient (Wildman–Crippen LogP) is 3.52. The van der Waals surface area contributed by atoms with Crippen LogP contribution >= 0.6 is 0 Å². The summed E-state index contributed by atoms with van der Waals surface area (Å²) in [6, 6.07) is 7.44. The van der Waals surface area contributed by atoms with Gasteiger partial charge in [-0.3, -0.25) is 4.79 Å². The summed E-state index contributed by atoms with van der Waals surface area (Å²) >= 11 is 0. The van der Waals surface area contributed by atoms with Crippen LogP contribution in [0.15, 0.2) is 36.5 Å². The third-order valence-electron chi connectivity index (χ3n) is 3.78. The number of carbonyl (C=O) groups excluding carboxylic acids is 1. The minimum Gasteiger partial charge on any atom is -0.497 e. The van der Waals surface area contributed by atoms with E-state index in [0.29, 0.717) is 17.3 Å². The number of benzene rings is 1. The highest BCUT2D eigenvalue weighted by Crippen LogP contribution is 2.25. The molecule has 0 radical (unpaired) electrons. The Bertz CT molecular complexity index is 722. The van der Waals surface area contributed by atoms with Gasteiger partial charge >= 0.3 is 0 Å². The lowest BCUT2D eigenvalue weighted by Crippen LogP contribution is -2.15. The van der Waals surface area contributed by atoms with E-state index in [1.807, 2.05) is 12.1 Å². The molecular formula is C18H23N3O3. The first kappa shape index (κ1) is 17.6. The molecule has 0 fully saturated rings. The number of hydrogen-bond donors (Lipinski definition) is 1. The van der Waals surface area contributed by atoms with Crippen molar-refractivity contribution in [3.63, 3.8) is 0 Å². The number of ether oxygens (including phenoxy) is 2. The summed E-state index contributed by atoms with van der Waals surface area (Å²) < 4.78 is 12.3.